The van der Waals surface area contributed by atoms with Crippen molar-refractivity contribution in [3.63, 3.8) is 0 Å². The Bertz CT molecular complexity index is 1640. The van der Waals surface area contributed by atoms with E-state index in [-0.39, 0.29) is 16.8 Å². The summed E-state index contributed by atoms with van der Waals surface area (Å²) in [4.78, 5) is 22.4. The van der Waals surface area contributed by atoms with E-state index in [4.69, 9.17) is 4.98 Å². The fourth-order valence-electron chi connectivity index (χ4n) is 5.94. The molecule has 41 heavy (non-hydrogen) atoms. The number of nitrogens with one attached hydrogen (secondary N) is 1. The molecular formula is C31H36N4O3S3. The van der Waals surface area contributed by atoms with E-state index in [0.717, 1.165) is 71.0 Å². The maximum atomic E-state index is 13.5. The molecule has 1 N–H and O–H groups in total. The number of fused-ring (bicyclic) bond motifs is 2. The third-order valence-electron chi connectivity index (χ3n) is 8.32. The Morgan fingerprint density at radius 3 is 2.59 bits per heavy atom. The molecule has 0 radical (unpaired) electrons. The second-order valence-electron chi connectivity index (χ2n) is 11.2. The van der Waals surface area contributed by atoms with Crippen molar-refractivity contribution in [2.45, 2.75) is 76.4 Å². The zero-order chi connectivity index (χ0) is 28.7. The SMILES string of the molecule is CCC1CCCCN1S(=O)(=O)c1ccc(C(=O)Nc2sc3c(c2-c2nc4ccccc4s2)CCN(C(C)C)C3)cc1. The summed E-state index contributed by atoms with van der Waals surface area (Å²) >= 11 is 3.28. The van der Waals surface area contributed by atoms with E-state index in [2.05, 4.69) is 30.1 Å². The molecule has 2 aliphatic rings. The number of benzene rings is 2. The molecule has 2 aromatic heterocycles. The van der Waals surface area contributed by atoms with Gasteiger partial charge in [-0.3, -0.25) is 9.69 Å². The number of carbonyl (C=O) groups is 1. The fraction of sp³-hybridized carbons (Fsp3) is 0.419. The van der Waals surface area contributed by atoms with Crippen molar-refractivity contribution in [2.24, 2.45) is 0 Å². The van der Waals surface area contributed by atoms with Gasteiger partial charge in [-0.1, -0.05) is 25.5 Å². The van der Waals surface area contributed by atoms with Crippen LogP contribution in [0.25, 0.3) is 20.8 Å². The molecule has 1 saturated heterocycles. The Hall–Kier alpha value is -2.63. The van der Waals surface area contributed by atoms with E-state index >= 15 is 0 Å². The van der Waals surface area contributed by atoms with Gasteiger partial charge in [0.2, 0.25) is 10.0 Å². The summed E-state index contributed by atoms with van der Waals surface area (Å²) < 4.78 is 29.6. The second-order valence-corrected chi connectivity index (χ2v) is 15.2. The molecule has 0 aliphatic carbocycles. The van der Waals surface area contributed by atoms with Gasteiger partial charge in [0.25, 0.3) is 5.91 Å². The molecule has 2 aliphatic heterocycles. The Kier molecular flexibility index (Phi) is 8.04. The van der Waals surface area contributed by atoms with Gasteiger partial charge in [0.1, 0.15) is 10.0 Å². The van der Waals surface area contributed by atoms with Gasteiger partial charge in [-0.05, 0) is 81.5 Å². The van der Waals surface area contributed by atoms with Gasteiger partial charge in [0.05, 0.1) is 15.1 Å². The minimum Gasteiger partial charge on any atom is -0.313 e. The molecule has 1 fully saturated rings. The molecule has 1 atom stereocenters. The van der Waals surface area contributed by atoms with Crippen LogP contribution in [0.15, 0.2) is 53.4 Å². The van der Waals surface area contributed by atoms with Crippen LogP contribution in [0.3, 0.4) is 0 Å². The van der Waals surface area contributed by atoms with E-state index < -0.39 is 10.0 Å². The lowest BCUT2D eigenvalue weighted by atomic mass is 10.0. The smallest absolute Gasteiger partial charge is 0.256 e. The molecule has 10 heteroatoms. The summed E-state index contributed by atoms with van der Waals surface area (Å²) in [6.07, 6.45) is 4.55. The number of thiophene rings is 1. The second kappa shape index (κ2) is 11.6. The summed E-state index contributed by atoms with van der Waals surface area (Å²) in [5.74, 6) is -0.250. The molecule has 4 aromatic rings. The first-order valence-corrected chi connectivity index (χ1v) is 17.5. The number of anilines is 1. The highest BCUT2D eigenvalue weighted by Crippen LogP contribution is 2.46. The molecule has 0 saturated carbocycles. The quantitative estimate of drug-likeness (QED) is 0.244. The van der Waals surface area contributed by atoms with Crippen LogP contribution < -0.4 is 5.32 Å². The zero-order valence-corrected chi connectivity index (χ0v) is 26.2. The monoisotopic (exact) mass is 608 g/mol. The molecule has 6 rings (SSSR count). The standard InChI is InChI=1S/C31H36N4O3S3/c1-4-22-9-7-8-17-35(22)41(37,38)23-14-12-21(13-15-23)29(36)33-31-28(30-32-25-10-5-6-11-26(25)39-30)24-16-18-34(20(2)3)19-27(24)40-31/h5-6,10-15,20,22H,4,7-9,16-19H2,1-3H3,(H,33,36). The van der Waals surface area contributed by atoms with Gasteiger partial charge < -0.3 is 5.32 Å². The Morgan fingerprint density at radius 1 is 1.07 bits per heavy atom. The normalized spacial score (nSPS) is 18.6. The Morgan fingerprint density at radius 2 is 1.85 bits per heavy atom. The number of hydrogen-bond donors (Lipinski definition) is 1. The summed E-state index contributed by atoms with van der Waals surface area (Å²) in [6.45, 7) is 8.85. The molecule has 1 amide bonds. The van der Waals surface area contributed by atoms with Crippen molar-refractivity contribution >= 4 is 53.8 Å². The summed E-state index contributed by atoms with van der Waals surface area (Å²) in [5.41, 5.74) is 3.69. The average molecular weight is 609 g/mol. The van der Waals surface area contributed by atoms with Crippen LogP contribution in [0.4, 0.5) is 5.00 Å². The van der Waals surface area contributed by atoms with E-state index in [1.165, 1.54) is 10.4 Å². The predicted molar refractivity (Wildman–Crippen MR) is 168 cm³/mol. The number of hydrogen-bond acceptors (Lipinski definition) is 7. The van der Waals surface area contributed by atoms with Gasteiger partial charge in [0, 0.05) is 47.7 Å². The van der Waals surface area contributed by atoms with Crippen molar-refractivity contribution in [1.82, 2.24) is 14.2 Å². The average Bonchev–Trinajstić information content (AvgIpc) is 3.57. The predicted octanol–water partition coefficient (Wildman–Crippen LogP) is 7.00. The highest BCUT2D eigenvalue weighted by atomic mass is 32.2. The first-order chi connectivity index (χ1) is 19.8. The van der Waals surface area contributed by atoms with Gasteiger partial charge in [-0.25, -0.2) is 13.4 Å². The molecule has 4 heterocycles. The number of para-hydroxylation sites is 1. The van der Waals surface area contributed by atoms with Crippen molar-refractivity contribution in [1.29, 1.82) is 0 Å². The summed E-state index contributed by atoms with van der Waals surface area (Å²) in [6, 6.07) is 15.0. The number of aromatic nitrogens is 1. The number of thiazole rings is 1. The van der Waals surface area contributed by atoms with E-state index in [0.29, 0.717) is 18.2 Å². The van der Waals surface area contributed by atoms with Crippen LogP contribution in [-0.2, 0) is 23.0 Å². The van der Waals surface area contributed by atoms with Crippen molar-refractivity contribution in [3.05, 3.63) is 64.5 Å². The van der Waals surface area contributed by atoms with E-state index in [1.54, 1.807) is 51.2 Å². The Balaban J connectivity index is 1.30. The van der Waals surface area contributed by atoms with Gasteiger partial charge in [-0.2, -0.15) is 4.31 Å². The summed E-state index contributed by atoms with van der Waals surface area (Å²) in [5, 5.41) is 4.90. The van der Waals surface area contributed by atoms with Gasteiger partial charge in [0.15, 0.2) is 0 Å². The molecule has 1 unspecified atom stereocenters. The van der Waals surface area contributed by atoms with Crippen molar-refractivity contribution in [3.8, 4) is 10.6 Å². The van der Waals surface area contributed by atoms with E-state index in [1.807, 2.05) is 25.1 Å². The van der Waals surface area contributed by atoms with Crippen LogP contribution in [0, 0.1) is 0 Å². The number of carbonyl (C=O) groups excluding carboxylic acids is 1. The molecule has 216 valence electrons. The molecule has 7 nitrogen and oxygen atoms in total. The lowest BCUT2D eigenvalue weighted by Crippen LogP contribution is -2.43. The third-order valence-corrected chi connectivity index (χ3v) is 12.5. The minimum atomic E-state index is -3.60. The van der Waals surface area contributed by atoms with Crippen LogP contribution in [0.5, 0.6) is 0 Å². The number of rotatable bonds is 7. The lowest BCUT2D eigenvalue weighted by Gasteiger charge is -2.34. The zero-order valence-electron chi connectivity index (χ0n) is 23.7. The fourth-order valence-corrected chi connectivity index (χ4v) is 10.1. The maximum absolute atomic E-state index is 13.5. The molecule has 0 spiro atoms. The summed E-state index contributed by atoms with van der Waals surface area (Å²) in [7, 11) is -3.60. The number of nitrogens with zero attached hydrogens (tertiary/aromatic N) is 3. The third kappa shape index (κ3) is 5.48. The van der Waals surface area contributed by atoms with Gasteiger partial charge in [-0.15, -0.1) is 22.7 Å². The van der Waals surface area contributed by atoms with E-state index in [9.17, 15) is 13.2 Å². The lowest BCUT2D eigenvalue weighted by molar-refractivity contribution is 0.102. The van der Waals surface area contributed by atoms with Crippen LogP contribution in [0.1, 0.15) is 67.3 Å². The molecule has 2 aromatic carbocycles. The number of piperidine rings is 1. The number of sulfonamides is 1. The highest BCUT2D eigenvalue weighted by molar-refractivity contribution is 7.89. The molecular weight excluding hydrogens is 573 g/mol. The first kappa shape index (κ1) is 28.5. The largest absolute Gasteiger partial charge is 0.313 e. The van der Waals surface area contributed by atoms with Crippen LogP contribution in [-0.4, -0.2) is 53.7 Å². The van der Waals surface area contributed by atoms with Gasteiger partial charge >= 0.3 is 0 Å². The topological polar surface area (TPSA) is 82.6 Å². The van der Waals surface area contributed by atoms with Crippen LogP contribution in [0.2, 0.25) is 0 Å². The maximum Gasteiger partial charge on any atom is 0.256 e. The Labute approximate surface area is 250 Å². The van der Waals surface area contributed by atoms with Crippen molar-refractivity contribution in [2.75, 3.05) is 18.4 Å². The first-order valence-electron chi connectivity index (χ1n) is 14.4. The molecule has 0 bridgehead atoms. The van der Waals surface area contributed by atoms with Crippen molar-refractivity contribution < 1.29 is 13.2 Å². The highest BCUT2D eigenvalue weighted by Gasteiger charge is 2.33. The minimum absolute atomic E-state index is 0.0362. The number of amides is 1. The van der Waals surface area contributed by atoms with Crippen LogP contribution >= 0.6 is 22.7 Å².